The van der Waals surface area contributed by atoms with Crippen LogP contribution in [0.4, 0.5) is 8.78 Å². The first kappa shape index (κ1) is 52.5. The largest absolute Gasteiger partial charge is 0.404 e. The minimum atomic E-state index is -2.84. The Morgan fingerprint density at radius 1 is 1.04 bits per heavy atom. The number of primary amides is 1. The summed E-state index contributed by atoms with van der Waals surface area (Å²) in [5, 5.41) is 9.11. The molecule has 1 rings (SSSR count). The maximum absolute atomic E-state index is 13.2. The fourth-order valence-electron chi connectivity index (χ4n) is 4.45. The van der Waals surface area contributed by atoms with Gasteiger partial charge in [-0.05, 0) is 83.2 Å². The van der Waals surface area contributed by atoms with E-state index in [0.717, 1.165) is 57.3 Å². The van der Waals surface area contributed by atoms with Gasteiger partial charge in [-0.3, -0.25) is 4.79 Å². The highest BCUT2D eigenvalue weighted by Gasteiger charge is 2.32. The van der Waals surface area contributed by atoms with Crippen LogP contribution in [0.3, 0.4) is 0 Å². The van der Waals surface area contributed by atoms with Gasteiger partial charge in [-0.1, -0.05) is 111 Å². The number of carbonyl (C=O) groups excluding carboxylic acids is 1. The van der Waals surface area contributed by atoms with Gasteiger partial charge in [-0.2, -0.15) is 5.26 Å². The molecule has 1 fully saturated rings. The van der Waals surface area contributed by atoms with Crippen molar-refractivity contribution in [2.45, 2.75) is 139 Å². The number of carbonyl (C=O) groups is 1. The Kier molecular flexibility index (Phi) is 41.7. The van der Waals surface area contributed by atoms with Crippen molar-refractivity contribution in [1.82, 2.24) is 4.90 Å². The molecule has 1 unspecified atom stereocenters. The standard InChI is InChI=1S/C17H25F2N.C14H26N2.C3H8.C2H6.C2H4.CH3NO/c1-5-9-15(13-20)14(3)11-7-8-12-16(10-6-2)17(4,18)19;1-4-6-13(7-5-2)16-10-8-14(3,12-15)9-11-16;1-3-2;2*1-2;2-1-3/h5-6,8-10,12-14H,2,7,11,20H2,1,3-4H3;13H,4-11H2,1-3H3;3H2,1-2H3;1-2H3;1-2H2;1H,(H2,2,3)/b9-5-,12-8-,15-13+,16-10+;;;;;. The molecule has 0 aromatic carbocycles. The van der Waals surface area contributed by atoms with Gasteiger partial charge in [0.2, 0.25) is 6.41 Å². The van der Waals surface area contributed by atoms with E-state index < -0.39 is 5.92 Å². The molecule has 7 heteroatoms. The third-order valence-corrected chi connectivity index (χ3v) is 6.92. The summed E-state index contributed by atoms with van der Waals surface area (Å²) in [4.78, 5) is 11.2. The first-order chi connectivity index (χ1) is 21.8. The van der Waals surface area contributed by atoms with Crippen LogP contribution in [0.1, 0.15) is 127 Å². The predicted octanol–water partition coefficient (Wildman–Crippen LogP) is 11.1. The molecule has 1 saturated heterocycles. The lowest BCUT2D eigenvalue weighted by molar-refractivity contribution is -0.106. The molecule has 1 atom stereocenters. The minimum absolute atomic E-state index is 0.0248. The van der Waals surface area contributed by atoms with Crippen molar-refractivity contribution in [3.05, 3.63) is 73.5 Å². The van der Waals surface area contributed by atoms with Crippen molar-refractivity contribution < 1.29 is 13.6 Å². The average Bonchev–Trinajstić information content (AvgIpc) is 3.04. The van der Waals surface area contributed by atoms with Gasteiger partial charge < -0.3 is 16.4 Å². The zero-order valence-electron chi connectivity index (χ0n) is 31.4. The van der Waals surface area contributed by atoms with E-state index in [9.17, 15) is 8.78 Å². The van der Waals surface area contributed by atoms with Gasteiger partial charge in [-0.15, -0.1) is 13.2 Å². The summed E-state index contributed by atoms with van der Waals surface area (Å²) in [6, 6.07) is 3.24. The second kappa shape index (κ2) is 36.5. The zero-order valence-corrected chi connectivity index (χ0v) is 31.4. The Hall–Kier alpha value is -2.98. The van der Waals surface area contributed by atoms with Crippen LogP contribution < -0.4 is 11.5 Å². The number of amides is 1. The van der Waals surface area contributed by atoms with E-state index in [1.54, 1.807) is 12.3 Å². The summed E-state index contributed by atoms with van der Waals surface area (Å²) in [6.07, 6.45) is 21.8. The molecule has 1 heterocycles. The number of nitrogens with zero attached hydrogens (tertiary/aromatic N) is 2. The van der Waals surface area contributed by atoms with E-state index >= 15 is 0 Å². The van der Waals surface area contributed by atoms with E-state index in [-0.39, 0.29) is 17.4 Å². The van der Waals surface area contributed by atoms with Crippen LogP contribution in [0.2, 0.25) is 0 Å². The maximum atomic E-state index is 13.2. The number of halogens is 2. The molecule has 268 valence electrons. The molecule has 0 bridgehead atoms. The molecule has 4 N–H and O–H groups in total. The first-order valence-electron chi connectivity index (χ1n) is 17.1. The number of rotatable bonds is 13. The third kappa shape index (κ3) is 29.7. The summed E-state index contributed by atoms with van der Waals surface area (Å²) in [7, 11) is 0. The minimum Gasteiger partial charge on any atom is -0.404 e. The highest BCUT2D eigenvalue weighted by molar-refractivity contribution is 5.42. The molecule has 1 amide bonds. The smallest absolute Gasteiger partial charge is 0.270 e. The molecule has 46 heavy (non-hydrogen) atoms. The highest BCUT2D eigenvalue weighted by Crippen LogP contribution is 2.32. The van der Waals surface area contributed by atoms with Crippen LogP contribution in [0.5, 0.6) is 0 Å². The molecule has 0 saturated carbocycles. The fourth-order valence-corrected chi connectivity index (χ4v) is 4.45. The summed E-state index contributed by atoms with van der Waals surface area (Å²) in [5.41, 5.74) is 10.7. The number of allylic oxidation sites excluding steroid dienone is 8. The Bertz CT molecular complexity index is 852. The molecule has 0 aliphatic carbocycles. The van der Waals surface area contributed by atoms with Gasteiger partial charge in [0.25, 0.3) is 5.92 Å². The molecule has 1 aliphatic rings. The zero-order chi connectivity index (χ0) is 37.0. The first-order valence-corrected chi connectivity index (χ1v) is 17.1. The van der Waals surface area contributed by atoms with Crippen molar-refractivity contribution in [3.8, 4) is 6.07 Å². The number of nitriles is 1. The normalized spacial score (nSPS) is 15.1. The number of hydrogen-bond donors (Lipinski definition) is 2. The molecule has 1 aliphatic heterocycles. The maximum Gasteiger partial charge on any atom is 0.270 e. The van der Waals surface area contributed by atoms with Crippen LogP contribution in [0, 0.1) is 22.7 Å². The highest BCUT2D eigenvalue weighted by atomic mass is 19.3. The van der Waals surface area contributed by atoms with Crippen molar-refractivity contribution >= 4 is 6.41 Å². The van der Waals surface area contributed by atoms with Crippen LogP contribution >= 0.6 is 0 Å². The Balaban J connectivity index is -0.000000192. The van der Waals surface area contributed by atoms with E-state index in [2.05, 4.69) is 78.0 Å². The van der Waals surface area contributed by atoms with E-state index in [1.165, 1.54) is 50.3 Å². The lowest BCUT2D eigenvalue weighted by Gasteiger charge is -2.39. The van der Waals surface area contributed by atoms with Crippen molar-refractivity contribution in [2.24, 2.45) is 22.8 Å². The third-order valence-electron chi connectivity index (χ3n) is 6.92. The molecule has 5 nitrogen and oxygen atoms in total. The SMILES string of the molecule is C=C.C=C/C=C(\C=C/CCC(C)C(/C=C\C)=C/N)C(C)(F)F.CC.CCC.CCCC(CCC)N1CCC(C)(C#N)CC1.NC=O. The summed E-state index contributed by atoms with van der Waals surface area (Å²) in [5.74, 6) is -2.54. The molecule has 0 aromatic rings. The second-order valence-electron chi connectivity index (χ2n) is 11.1. The van der Waals surface area contributed by atoms with Gasteiger partial charge in [-0.25, -0.2) is 8.78 Å². The lowest BCUT2D eigenvalue weighted by Crippen LogP contribution is -2.44. The molecule has 0 aromatic heterocycles. The average molecular weight is 651 g/mol. The number of alkyl halides is 2. The fraction of sp³-hybridized carbons (Fsp3) is 0.641. The Labute approximate surface area is 284 Å². The summed E-state index contributed by atoms with van der Waals surface area (Å²) < 4.78 is 26.5. The monoisotopic (exact) mass is 651 g/mol. The van der Waals surface area contributed by atoms with Crippen LogP contribution in [-0.2, 0) is 4.79 Å². The van der Waals surface area contributed by atoms with Crippen LogP contribution in [-0.4, -0.2) is 36.4 Å². The molecular formula is C39H72F2N4O. The van der Waals surface area contributed by atoms with Gasteiger partial charge >= 0.3 is 0 Å². The topological polar surface area (TPSA) is 96.1 Å². The molecular weight excluding hydrogens is 578 g/mol. The summed E-state index contributed by atoms with van der Waals surface area (Å²) >= 11 is 0. The van der Waals surface area contributed by atoms with Gasteiger partial charge in [0.1, 0.15) is 0 Å². The van der Waals surface area contributed by atoms with E-state index in [0.29, 0.717) is 5.92 Å². The lowest BCUT2D eigenvalue weighted by atomic mass is 9.81. The number of hydrogen-bond acceptors (Lipinski definition) is 4. The Morgan fingerprint density at radius 3 is 1.83 bits per heavy atom. The van der Waals surface area contributed by atoms with Crippen LogP contribution in [0.15, 0.2) is 73.5 Å². The van der Waals surface area contributed by atoms with Gasteiger partial charge in [0, 0.05) is 18.5 Å². The van der Waals surface area contributed by atoms with Crippen molar-refractivity contribution in [2.75, 3.05) is 13.1 Å². The number of piperidine rings is 1. The number of nitrogens with two attached hydrogens (primary N) is 2. The van der Waals surface area contributed by atoms with Crippen molar-refractivity contribution in [3.63, 3.8) is 0 Å². The van der Waals surface area contributed by atoms with Crippen molar-refractivity contribution in [1.29, 1.82) is 5.26 Å². The van der Waals surface area contributed by atoms with Gasteiger partial charge in [0.05, 0.1) is 11.5 Å². The number of likely N-dealkylation sites (tertiary alicyclic amines) is 1. The van der Waals surface area contributed by atoms with E-state index in [1.807, 2.05) is 32.9 Å². The summed E-state index contributed by atoms with van der Waals surface area (Å²) in [6.45, 7) is 31.5. The molecule has 0 spiro atoms. The predicted molar refractivity (Wildman–Crippen MR) is 200 cm³/mol. The molecule has 0 radical (unpaired) electrons. The second-order valence-corrected chi connectivity index (χ2v) is 11.1. The van der Waals surface area contributed by atoms with Gasteiger partial charge in [0.15, 0.2) is 0 Å². The van der Waals surface area contributed by atoms with Crippen LogP contribution in [0.25, 0.3) is 0 Å². The Morgan fingerprint density at radius 2 is 1.50 bits per heavy atom. The quantitative estimate of drug-likeness (QED) is 0.118. The van der Waals surface area contributed by atoms with E-state index in [4.69, 9.17) is 15.8 Å².